The lowest BCUT2D eigenvalue weighted by Crippen LogP contribution is -2.47. The number of carbonyl (C=O) groups is 2. The fraction of sp³-hybridized carbons (Fsp3) is 0.318. The second kappa shape index (κ2) is 8.52. The number of likely N-dealkylation sites (tertiary alicyclic amines) is 1. The number of piperidine rings is 1. The molecular weight excluding hydrogens is 385 g/mol. The number of nitrogens with zero attached hydrogens (tertiary/aromatic N) is 3. The van der Waals surface area contributed by atoms with Crippen molar-refractivity contribution in [1.29, 1.82) is 0 Å². The van der Waals surface area contributed by atoms with E-state index in [0.29, 0.717) is 31.6 Å². The molecule has 0 unspecified atom stereocenters. The Balaban J connectivity index is 1.26. The SMILES string of the molecule is Cc1cccn2cc(CC(=O)N3CCC(NC(=O)Nc4ccc(F)cc4)CC3)nc12. The van der Waals surface area contributed by atoms with Crippen LogP contribution < -0.4 is 10.6 Å². The second-order valence-corrected chi connectivity index (χ2v) is 7.59. The molecule has 2 aromatic heterocycles. The van der Waals surface area contributed by atoms with Gasteiger partial charge in [0.2, 0.25) is 5.91 Å². The quantitative estimate of drug-likeness (QED) is 0.695. The first-order valence-electron chi connectivity index (χ1n) is 10.0. The van der Waals surface area contributed by atoms with Gasteiger partial charge in [-0.05, 0) is 55.7 Å². The molecule has 8 heteroatoms. The van der Waals surface area contributed by atoms with Gasteiger partial charge in [-0.15, -0.1) is 0 Å². The van der Waals surface area contributed by atoms with Gasteiger partial charge >= 0.3 is 6.03 Å². The summed E-state index contributed by atoms with van der Waals surface area (Å²) in [5.74, 6) is -0.304. The van der Waals surface area contributed by atoms with Crippen LogP contribution in [-0.4, -0.2) is 45.4 Å². The number of benzene rings is 1. The molecule has 3 amide bonds. The number of carbonyl (C=O) groups excluding carboxylic acids is 2. The standard InChI is InChI=1S/C22H24FN5O2/c1-15-3-2-10-28-14-19(24-21(15)28)13-20(29)27-11-8-18(9-12-27)26-22(30)25-17-6-4-16(23)5-7-17/h2-7,10,14,18H,8-9,11-13H2,1H3,(H2,25,26,30). The largest absolute Gasteiger partial charge is 0.342 e. The van der Waals surface area contributed by atoms with Gasteiger partial charge in [0.15, 0.2) is 0 Å². The summed E-state index contributed by atoms with van der Waals surface area (Å²) in [6.07, 6.45) is 5.47. The van der Waals surface area contributed by atoms with Gasteiger partial charge in [-0.25, -0.2) is 14.2 Å². The first-order valence-corrected chi connectivity index (χ1v) is 10.0. The van der Waals surface area contributed by atoms with Crippen molar-refractivity contribution in [3.8, 4) is 0 Å². The topological polar surface area (TPSA) is 78.7 Å². The van der Waals surface area contributed by atoms with Crippen molar-refractivity contribution < 1.29 is 14.0 Å². The summed E-state index contributed by atoms with van der Waals surface area (Å²) in [5.41, 5.74) is 3.23. The van der Waals surface area contributed by atoms with Crippen molar-refractivity contribution in [3.05, 3.63) is 65.9 Å². The molecule has 30 heavy (non-hydrogen) atoms. The number of pyridine rings is 1. The predicted molar refractivity (Wildman–Crippen MR) is 112 cm³/mol. The summed E-state index contributed by atoms with van der Waals surface area (Å²) in [5, 5.41) is 5.61. The molecule has 1 aliphatic heterocycles. The number of hydrogen-bond donors (Lipinski definition) is 2. The summed E-state index contributed by atoms with van der Waals surface area (Å²) in [6, 6.07) is 9.23. The molecule has 1 aromatic carbocycles. The van der Waals surface area contributed by atoms with Crippen LogP contribution in [0.15, 0.2) is 48.8 Å². The first-order chi connectivity index (χ1) is 14.5. The van der Waals surface area contributed by atoms with Crippen LogP contribution in [0.25, 0.3) is 5.65 Å². The van der Waals surface area contributed by atoms with Crippen LogP contribution >= 0.6 is 0 Å². The number of amides is 3. The minimum atomic E-state index is -0.350. The lowest BCUT2D eigenvalue weighted by molar-refractivity contribution is -0.131. The zero-order valence-electron chi connectivity index (χ0n) is 16.8. The number of fused-ring (bicyclic) bond motifs is 1. The van der Waals surface area contributed by atoms with Gasteiger partial charge in [-0.1, -0.05) is 6.07 Å². The van der Waals surface area contributed by atoms with Crippen LogP contribution in [0.5, 0.6) is 0 Å². The fourth-order valence-electron chi connectivity index (χ4n) is 3.72. The van der Waals surface area contributed by atoms with Crippen LogP contribution in [-0.2, 0) is 11.2 Å². The summed E-state index contributed by atoms with van der Waals surface area (Å²) in [4.78, 5) is 31.2. The molecule has 0 aliphatic carbocycles. The number of aryl methyl sites for hydroxylation is 1. The highest BCUT2D eigenvalue weighted by molar-refractivity contribution is 5.89. The third kappa shape index (κ3) is 4.59. The molecule has 2 N–H and O–H groups in total. The fourth-order valence-corrected chi connectivity index (χ4v) is 3.72. The van der Waals surface area contributed by atoms with Crippen LogP contribution in [0.3, 0.4) is 0 Å². The molecular formula is C22H24FN5O2. The zero-order chi connectivity index (χ0) is 21.1. The van der Waals surface area contributed by atoms with Gasteiger partial charge in [-0.2, -0.15) is 0 Å². The minimum Gasteiger partial charge on any atom is -0.342 e. The van der Waals surface area contributed by atoms with E-state index in [9.17, 15) is 14.0 Å². The Hall–Kier alpha value is -3.42. The van der Waals surface area contributed by atoms with E-state index in [1.54, 1.807) is 0 Å². The van der Waals surface area contributed by atoms with Crippen LogP contribution in [0, 0.1) is 12.7 Å². The maximum Gasteiger partial charge on any atom is 0.319 e. The number of halogens is 1. The Kier molecular flexibility index (Phi) is 5.65. The van der Waals surface area contributed by atoms with Gasteiger partial charge < -0.3 is 19.9 Å². The number of imidazole rings is 1. The van der Waals surface area contributed by atoms with Gasteiger partial charge in [0, 0.05) is 37.2 Å². The summed E-state index contributed by atoms with van der Waals surface area (Å²) < 4.78 is 14.9. The highest BCUT2D eigenvalue weighted by Gasteiger charge is 2.24. The molecule has 1 aliphatic rings. The van der Waals surface area contributed by atoms with E-state index in [2.05, 4.69) is 15.6 Å². The summed E-state index contributed by atoms with van der Waals surface area (Å²) >= 11 is 0. The molecule has 4 rings (SSSR count). The van der Waals surface area contributed by atoms with Gasteiger partial charge in [0.1, 0.15) is 11.5 Å². The van der Waals surface area contributed by atoms with Crippen LogP contribution in [0.4, 0.5) is 14.9 Å². The van der Waals surface area contributed by atoms with Crippen LogP contribution in [0.2, 0.25) is 0 Å². The van der Waals surface area contributed by atoms with E-state index in [1.807, 2.05) is 40.8 Å². The monoisotopic (exact) mass is 409 g/mol. The zero-order valence-corrected chi connectivity index (χ0v) is 16.8. The Morgan fingerprint density at radius 3 is 2.60 bits per heavy atom. The van der Waals surface area contributed by atoms with Crippen molar-refractivity contribution in [2.24, 2.45) is 0 Å². The minimum absolute atomic E-state index is 0.00709. The predicted octanol–water partition coefficient (Wildman–Crippen LogP) is 3.14. The van der Waals surface area contributed by atoms with E-state index in [4.69, 9.17) is 0 Å². The Morgan fingerprint density at radius 2 is 1.90 bits per heavy atom. The average molecular weight is 409 g/mol. The number of anilines is 1. The van der Waals surface area contributed by atoms with Gasteiger partial charge in [0.05, 0.1) is 12.1 Å². The number of nitrogens with one attached hydrogen (secondary N) is 2. The highest BCUT2D eigenvalue weighted by Crippen LogP contribution is 2.15. The van der Waals surface area contributed by atoms with Gasteiger partial charge in [-0.3, -0.25) is 4.79 Å². The molecule has 0 atom stereocenters. The smallest absolute Gasteiger partial charge is 0.319 e. The molecule has 7 nitrogen and oxygen atoms in total. The molecule has 0 bridgehead atoms. The molecule has 3 aromatic rings. The van der Waals surface area contributed by atoms with Crippen molar-refractivity contribution in [1.82, 2.24) is 19.6 Å². The Bertz CT molecular complexity index is 1060. The second-order valence-electron chi connectivity index (χ2n) is 7.59. The number of hydrogen-bond acceptors (Lipinski definition) is 3. The first kappa shape index (κ1) is 19.9. The van der Waals surface area contributed by atoms with Crippen molar-refractivity contribution in [3.63, 3.8) is 0 Å². The number of rotatable bonds is 4. The molecule has 0 spiro atoms. The summed E-state index contributed by atoms with van der Waals surface area (Å²) in [6.45, 7) is 3.18. The molecule has 0 saturated carbocycles. The van der Waals surface area contributed by atoms with E-state index in [1.165, 1.54) is 24.3 Å². The third-order valence-corrected chi connectivity index (χ3v) is 5.35. The third-order valence-electron chi connectivity index (χ3n) is 5.35. The van der Waals surface area contributed by atoms with Crippen LogP contribution in [0.1, 0.15) is 24.1 Å². The maximum atomic E-state index is 12.9. The summed E-state index contributed by atoms with van der Waals surface area (Å²) in [7, 11) is 0. The van der Waals surface area contributed by atoms with E-state index in [-0.39, 0.29) is 30.2 Å². The van der Waals surface area contributed by atoms with E-state index >= 15 is 0 Å². The Labute approximate surface area is 173 Å². The highest BCUT2D eigenvalue weighted by atomic mass is 19.1. The lowest BCUT2D eigenvalue weighted by Gasteiger charge is -2.32. The molecule has 1 fully saturated rings. The molecule has 3 heterocycles. The van der Waals surface area contributed by atoms with Gasteiger partial charge in [0.25, 0.3) is 0 Å². The lowest BCUT2D eigenvalue weighted by atomic mass is 10.0. The maximum absolute atomic E-state index is 12.9. The van der Waals surface area contributed by atoms with Crippen molar-refractivity contribution in [2.75, 3.05) is 18.4 Å². The molecule has 1 saturated heterocycles. The van der Waals surface area contributed by atoms with E-state index < -0.39 is 0 Å². The Morgan fingerprint density at radius 1 is 1.17 bits per heavy atom. The number of urea groups is 1. The van der Waals surface area contributed by atoms with E-state index in [0.717, 1.165) is 16.9 Å². The average Bonchev–Trinajstić information content (AvgIpc) is 3.14. The van der Waals surface area contributed by atoms with Crippen molar-refractivity contribution in [2.45, 2.75) is 32.2 Å². The van der Waals surface area contributed by atoms with Crippen molar-refractivity contribution >= 4 is 23.3 Å². The number of aromatic nitrogens is 2. The molecule has 156 valence electrons. The normalized spacial score (nSPS) is 14.7. The molecule has 0 radical (unpaired) electrons.